The molecule has 1 aromatic carbocycles. The van der Waals surface area contributed by atoms with Crippen LogP contribution < -0.4 is 9.47 Å². The molecule has 0 fully saturated rings. The van der Waals surface area contributed by atoms with E-state index in [4.69, 9.17) is 9.47 Å². The van der Waals surface area contributed by atoms with Crippen molar-refractivity contribution in [3.8, 4) is 17.2 Å². The van der Waals surface area contributed by atoms with E-state index in [9.17, 15) is 10.0 Å². The standard InChI is InChI=1S/C8H9NO4/c1-12-5-3-6(10)8(9-11)7(4-5)13-2/h3-4,10H,1-2H3. The monoisotopic (exact) mass is 183 g/mol. The molecule has 0 saturated heterocycles. The van der Waals surface area contributed by atoms with Crippen molar-refractivity contribution in [2.24, 2.45) is 5.18 Å². The Kier molecular flexibility index (Phi) is 2.69. The zero-order chi connectivity index (χ0) is 9.84. The van der Waals surface area contributed by atoms with Crippen LogP contribution in [0.5, 0.6) is 17.2 Å². The Morgan fingerprint density at radius 1 is 1.31 bits per heavy atom. The number of hydrogen-bond donors (Lipinski definition) is 1. The van der Waals surface area contributed by atoms with Crippen molar-refractivity contribution in [1.82, 2.24) is 0 Å². The summed E-state index contributed by atoms with van der Waals surface area (Å²) in [5.41, 5.74) is -0.122. The van der Waals surface area contributed by atoms with Gasteiger partial charge < -0.3 is 14.6 Å². The Morgan fingerprint density at radius 3 is 2.46 bits per heavy atom. The number of rotatable bonds is 3. The van der Waals surface area contributed by atoms with E-state index in [2.05, 4.69) is 5.18 Å². The van der Waals surface area contributed by atoms with Crippen LogP contribution in [-0.4, -0.2) is 19.3 Å². The number of methoxy groups -OCH3 is 2. The smallest absolute Gasteiger partial charge is 0.191 e. The highest BCUT2D eigenvalue weighted by Crippen LogP contribution is 2.39. The van der Waals surface area contributed by atoms with Crippen molar-refractivity contribution in [2.45, 2.75) is 0 Å². The Morgan fingerprint density at radius 2 is 2.00 bits per heavy atom. The van der Waals surface area contributed by atoms with E-state index in [1.807, 2.05) is 0 Å². The van der Waals surface area contributed by atoms with Gasteiger partial charge >= 0.3 is 0 Å². The first-order valence-corrected chi connectivity index (χ1v) is 3.51. The highest BCUT2D eigenvalue weighted by molar-refractivity contribution is 5.64. The lowest BCUT2D eigenvalue weighted by Crippen LogP contribution is -1.87. The average Bonchev–Trinajstić information content (AvgIpc) is 2.16. The molecule has 0 amide bonds. The molecule has 70 valence electrons. The van der Waals surface area contributed by atoms with E-state index < -0.39 is 0 Å². The summed E-state index contributed by atoms with van der Waals surface area (Å²) in [6.45, 7) is 0. The van der Waals surface area contributed by atoms with E-state index in [0.29, 0.717) is 5.75 Å². The molecular weight excluding hydrogens is 174 g/mol. The summed E-state index contributed by atoms with van der Waals surface area (Å²) in [6.07, 6.45) is 0. The molecule has 13 heavy (non-hydrogen) atoms. The second-order valence-corrected chi connectivity index (χ2v) is 2.29. The maximum absolute atomic E-state index is 10.3. The van der Waals surface area contributed by atoms with Gasteiger partial charge in [-0.1, -0.05) is 0 Å². The molecule has 0 heterocycles. The maximum Gasteiger partial charge on any atom is 0.191 e. The van der Waals surface area contributed by atoms with Crippen LogP contribution in [0.15, 0.2) is 17.3 Å². The van der Waals surface area contributed by atoms with Gasteiger partial charge in [-0.25, -0.2) is 0 Å². The summed E-state index contributed by atoms with van der Waals surface area (Å²) < 4.78 is 9.68. The first-order valence-electron chi connectivity index (χ1n) is 3.51. The molecule has 0 bridgehead atoms. The van der Waals surface area contributed by atoms with Crippen LogP contribution in [-0.2, 0) is 0 Å². The first kappa shape index (κ1) is 9.31. The molecule has 5 nitrogen and oxygen atoms in total. The lowest BCUT2D eigenvalue weighted by atomic mass is 10.2. The van der Waals surface area contributed by atoms with Gasteiger partial charge in [-0.05, 0) is 5.18 Å². The SMILES string of the molecule is COc1cc(O)c(N=O)c(OC)c1. The predicted molar refractivity (Wildman–Crippen MR) is 46.7 cm³/mol. The Bertz CT molecular complexity index is 324. The number of benzene rings is 1. The molecule has 0 aliphatic carbocycles. The van der Waals surface area contributed by atoms with E-state index in [1.54, 1.807) is 0 Å². The zero-order valence-corrected chi connectivity index (χ0v) is 7.27. The molecule has 0 radical (unpaired) electrons. The van der Waals surface area contributed by atoms with E-state index in [0.717, 1.165) is 0 Å². The largest absolute Gasteiger partial charge is 0.505 e. The molecule has 0 spiro atoms. The van der Waals surface area contributed by atoms with Crippen LogP contribution >= 0.6 is 0 Å². The molecule has 0 aliphatic heterocycles. The fourth-order valence-electron chi connectivity index (χ4n) is 0.934. The van der Waals surface area contributed by atoms with Crippen molar-refractivity contribution in [3.05, 3.63) is 17.0 Å². The molecule has 0 unspecified atom stereocenters. The third kappa shape index (κ3) is 1.69. The second kappa shape index (κ2) is 3.75. The summed E-state index contributed by atoms with van der Waals surface area (Å²) in [7, 11) is 2.82. The third-order valence-electron chi connectivity index (χ3n) is 1.58. The summed E-state index contributed by atoms with van der Waals surface area (Å²) in [6, 6.07) is 2.76. The quantitative estimate of drug-likeness (QED) is 0.725. The fraction of sp³-hybridized carbons (Fsp3) is 0.250. The summed E-state index contributed by atoms with van der Waals surface area (Å²) in [5.74, 6) is 0.333. The van der Waals surface area contributed by atoms with Crippen LogP contribution in [0.2, 0.25) is 0 Å². The topological polar surface area (TPSA) is 68.1 Å². The Balaban J connectivity index is 3.28. The Hall–Kier alpha value is -1.78. The molecule has 1 aromatic rings. The van der Waals surface area contributed by atoms with Crippen LogP contribution in [0.25, 0.3) is 0 Å². The molecule has 1 N–H and O–H groups in total. The highest BCUT2D eigenvalue weighted by atomic mass is 16.5. The average molecular weight is 183 g/mol. The van der Waals surface area contributed by atoms with Gasteiger partial charge in [-0.2, -0.15) is 0 Å². The minimum absolute atomic E-state index is 0.122. The van der Waals surface area contributed by atoms with E-state index >= 15 is 0 Å². The lowest BCUT2D eigenvalue weighted by molar-refractivity contribution is 0.386. The van der Waals surface area contributed by atoms with Gasteiger partial charge in [0.15, 0.2) is 17.2 Å². The molecule has 5 heteroatoms. The molecule has 1 rings (SSSR count). The van der Waals surface area contributed by atoms with Crippen molar-refractivity contribution < 1.29 is 14.6 Å². The molecule has 0 aromatic heterocycles. The summed E-state index contributed by atoms with van der Waals surface area (Å²) >= 11 is 0. The molecular formula is C8H9NO4. The van der Waals surface area contributed by atoms with Crippen molar-refractivity contribution in [1.29, 1.82) is 0 Å². The minimum Gasteiger partial charge on any atom is -0.505 e. The van der Waals surface area contributed by atoms with Gasteiger partial charge in [-0.15, -0.1) is 4.91 Å². The summed E-state index contributed by atoms with van der Waals surface area (Å²) in [5, 5.41) is 11.9. The van der Waals surface area contributed by atoms with Crippen LogP contribution in [0.4, 0.5) is 5.69 Å². The van der Waals surface area contributed by atoms with Gasteiger partial charge in [-0.3, -0.25) is 0 Å². The number of nitrogens with zero attached hydrogens (tertiary/aromatic N) is 1. The van der Waals surface area contributed by atoms with Crippen LogP contribution in [0, 0.1) is 4.91 Å². The number of phenolic OH excluding ortho intramolecular Hbond substituents is 1. The number of aromatic hydroxyl groups is 1. The number of hydrogen-bond acceptors (Lipinski definition) is 5. The fourth-order valence-corrected chi connectivity index (χ4v) is 0.934. The lowest BCUT2D eigenvalue weighted by Gasteiger charge is -2.06. The number of phenols is 1. The van der Waals surface area contributed by atoms with Crippen molar-refractivity contribution >= 4 is 5.69 Å². The van der Waals surface area contributed by atoms with E-state index in [-0.39, 0.29) is 17.2 Å². The second-order valence-electron chi connectivity index (χ2n) is 2.29. The van der Waals surface area contributed by atoms with Crippen molar-refractivity contribution in [2.75, 3.05) is 14.2 Å². The van der Waals surface area contributed by atoms with Crippen LogP contribution in [0.3, 0.4) is 0 Å². The normalized spacial score (nSPS) is 9.38. The third-order valence-corrected chi connectivity index (χ3v) is 1.58. The van der Waals surface area contributed by atoms with Gasteiger partial charge in [0.05, 0.1) is 14.2 Å². The van der Waals surface area contributed by atoms with Gasteiger partial charge in [0.2, 0.25) is 0 Å². The number of nitroso groups, excluding NO2 is 1. The molecule has 0 aliphatic rings. The van der Waals surface area contributed by atoms with Crippen molar-refractivity contribution in [3.63, 3.8) is 0 Å². The maximum atomic E-state index is 10.3. The molecule has 0 atom stereocenters. The molecule has 0 saturated carbocycles. The Labute approximate surface area is 74.9 Å². The van der Waals surface area contributed by atoms with Gasteiger partial charge in [0, 0.05) is 12.1 Å². The summed E-state index contributed by atoms with van der Waals surface area (Å²) in [4.78, 5) is 10.3. The number of ether oxygens (including phenoxy) is 2. The van der Waals surface area contributed by atoms with Gasteiger partial charge in [0.25, 0.3) is 0 Å². The first-order chi connectivity index (χ1) is 6.22. The minimum atomic E-state index is -0.258. The highest BCUT2D eigenvalue weighted by Gasteiger charge is 2.11. The zero-order valence-electron chi connectivity index (χ0n) is 7.27. The van der Waals surface area contributed by atoms with Gasteiger partial charge in [0.1, 0.15) is 5.75 Å². The predicted octanol–water partition coefficient (Wildman–Crippen LogP) is 1.81. The van der Waals surface area contributed by atoms with Crippen LogP contribution in [0.1, 0.15) is 0 Å². The van der Waals surface area contributed by atoms with E-state index in [1.165, 1.54) is 26.4 Å².